The number of nitrogens with zero attached hydrogens (tertiary/aromatic N) is 2. The first-order chi connectivity index (χ1) is 15.7. The molecular formula is C23H28N2O7S. The van der Waals surface area contributed by atoms with Crippen LogP contribution >= 0.6 is 0 Å². The highest BCUT2D eigenvalue weighted by molar-refractivity contribution is 7.92. The summed E-state index contributed by atoms with van der Waals surface area (Å²) in [5.74, 6) is 0.152. The van der Waals surface area contributed by atoms with E-state index in [0.29, 0.717) is 48.7 Å². The molecule has 0 atom stereocenters. The van der Waals surface area contributed by atoms with E-state index in [1.807, 2.05) is 0 Å². The van der Waals surface area contributed by atoms with Crippen LogP contribution in [0.5, 0.6) is 11.5 Å². The number of carbonyl (C=O) groups is 2. The number of methoxy groups -OCH3 is 3. The Labute approximate surface area is 193 Å². The van der Waals surface area contributed by atoms with E-state index >= 15 is 0 Å². The number of likely N-dealkylation sites (tertiary alicyclic amines) is 1. The molecule has 0 unspecified atom stereocenters. The van der Waals surface area contributed by atoms with Gasteiger partial charge in [0.25, 0.3) is 15.9 Å². The summed E-state index contributed by atoms with van der Waals surface area (Å²) < 4.78 is 42.5. The Balaban J connectivity index is 1.73. The van der Waals surface area contributed by atoms with Crippen LogP contribution in [0.15, 0.2) is 47.4 Å². The van der Waals surface area contributed by atoms with Gasteiger partial charge in [-0.3, -0.25) is 13.9 Å². The van der Waals surface area contributed by atoms with Crippen LogP contribution in [0.25, 0.3) is 0 Å². The van der Waals surface area contributed by atoms with E-state index in [2.05, 4.69) is 0 Å². The van der Waals surface area contributed by atoms with Crippen LogP contribution in [-0.4, -0.2) is 66.7 Å². The Morgan fingerprint density at radius 1 is 0.939 bits per heavy atom. The molecule has 0 aromatic heterocycles. The van der Waals surface area contributed by atoms with Crippen LogP contribution in [-0.2, 0) is 19.6 Å². The topological polar surface area (TPSA) is 102 Å². The lowest BCUT2D eigenvalue weighted by Crippen LogP contribution is -2.40. The van der Waals surface area contributed by atoms with Gasteiger partial charge in [0.05, 0.1) is 37.8 Å². The molecule has 0 saturated carbocycles. The molecule has 10 heteroatoms. The average Bonchev–Trinajstić information content (AvgIpc) is 2.86. The summed E-state index contributed by atoms with van der Waals surface area (Å²) in [7, 11) is 1.86. The molecule has 2 aromatic carbocycles. The SMILES string of the molecule is COC(=O)C1CCN(C(=O)c2ccc(N(C)S(=O)(=O)c3ccc(OC)c(OC)c3)cc2)CC1. The normalized spacial score (nSPS) is 14.5. The minimum absolute atomic E-state index is 0.0521. The highest BCUT2D eigenvalue weighted by Gasteiger charge is 2.29. The van der Waals surface area contributed by atoms with E-state index < -0.39 is 10.0 Å². The minimum Gasteiger partial charge on any atom is -0.493 e. The number of rotatable bonds is 7. The van der Waals surface area contributed by atoms with Crippen LogP contribution in [0.2, 0.25) is 0 Å². The number of anilines is 1. The number of piperidine rings is 1. The van der Waals surface area contributed by atoms with Crippen LogP contribution in [0.4, 0.5) is 5.69 Å². The number of esters is 1. The van der Waals surface area contributed by atoms with Crippen LogP contribution in [0.3, 0.4) is 0 Å². The quantitative estimate of drug-likeness (QED) is 0.566. The molecule has 0 radical (unpaired) electrons. The first-order valence-electron chi connectivity index (χ1n) is 10.4. The van der Waals surface area contributed by atoms with Gasteiger partial charge in [0, 0.05) is 31.8 Å². The van der Waals surface area contributed by atoms with E-state index in [1.54, 1.807) is 29.2 Å². The molecule has 1 saturated heterocycles. The van der Waals surface area contributed by atoms with Gasteiger partial charge in [-0.25, -0.2) is 8.42 Å². The maximum atomic E-state index is 13.1. The fourth-order valence-electron chi connectivity index (χ4n) is 3.76. The molecule has 0 aliphatic carbocycles. The summed E-state index contributed by atoms with van der Waals surface area (Å²) in [6.45, 7) is 0.932. The first kappa shape index (κ1) is 24.4. The summed E-state index contributed by atoms with van der Waals surface area (Å²) in [5, 5.41) is 0. The first-order valence-corrected chi connectivity index (χ1v) is 11.8. The van der Waals surface area contributed by atoms with Crippen molar-refractivity contribution in [2.24, 2.45) is 5.92 Å². The second-order valence-electron chi connectivity index (χ2n) is 7.63. The van der Waals surface area contributed by atoms with Gasteiger partial charge in [-0.15, -0.1) is 0 Å². The number of ether oxygens (including phenoxy) is 3. The maximum absolute atomic E-state index is 13.1. The van der Waals surface area contributed by atoms with Crippen molar-refractivity contribution in [2.75, 3.05) is 45.8 Å². The van der Waals surface area contributed by atoms with Crippen molar-refractivity contribution in [3.63, 3.8) is 0 Å². The third-order valence-electron chi connectivity index (χ3n) is 5.81. The second kappa shape index (κ2) is 10.1. The predicted molar refractivity (Wildman–Crippen MR) is 122 cm³/mol. The molecule has 9 nitrogen and oxygen atoms in total. The highest BCUT2D eigenvalue weighted by atomic mass is 32.2. The fraction of sp³-hybridized carbons (Fsp3) is 0.391. The van der Waals surface area contributed by atoms with E-state index in [4.69, 9.17) is 14.2 Å². The van der Waals surface area contributed by atoms with Gasteiger partial charge in [-0.2, -0.15) is 0 Å². The van der Waals surface area contributed by atoms with Crippen LogP contribution in [0, 0.1) is 5.92 Å². The standard InChI is InChI=1S/C23H28N2O7S/c1-24(33(28,29)19-9-10-20(30-2)21(15-19)31-3)18-7-5-16(6-8-18)22(26)25-13-11-17(12-14-25)23(27)32-4/h5-10,15,17H,11-14H2,1-4H3. The molecule has 2 aromatic rings. The molecule has 1 fully saturated rings. The zero-order chi connectivity index (χ0) is 24.2. The number of hydrogen-bond donors (Lipinski definition) is 0. The van der Waals surface area contributed by atoms with Gasteiger partial charge in [-0.05, 0) is 49.2 Å². The third-order valence-corrected chi connectivity index (χ3v) is 7.59. The second-order valence-corrected chi connectivity index (χ2v) is 9.60. The van der Waals surface area contributed by atoms with Gasteiger partial charge in [0.1, 0.15) is 0 Å². The fourth-order valence-corrected chi connectivity index (χ4v) is 4.97. The zero-order valence-electron chi connectivity index (χ0n) is 19.1. The van der Waals surface area contributed by atoms with E-state index in [1.165, 1.54) is 46.6 Å². The molecule has 1 aliphatic rings. The van der Waals surface area contributed by atoms with Gasteiger partial charge in [0.2, 0.25) is 0 Å². The summed E-state index contributed by atoms with van der Waals surface area (Å²) in [6.07, 6.45) is 1.12. The summed E-state index contributed by atoms with van der Waals surface area (Å²) in [6, 6.07) is 10.8. The summed E-state index contributed by atoms with van der Waals surface area (Å²) >= 11 is 0. The predicted octanol–water partition coefficient (Wildman–Crippen LogP) is 2.55. The third kappa shape index (κ3) is 5.05. The van der Waals surface area contributed by atoms with Gasteiger partial charge in [-0.1, -0.05) is 0 Å². The van der Waals surface area contributed by atoms with Crippen molar-refractivity contribution in [3.05, 3.63) is 48.0 Å². The lowest BCUT2D eigenvalue weighted by molar-refractivity contribution is -0.146. The Morgan fingerprint density at radius 2 is 1.55 bits per heavy atom. The summed E-state index contributed by atoms with van der Waals surface area (Å²) in [5.41, 5.74) is 0.859. The molecule has 0 N–H and O–H groups in total. The molecule has 178 valence electrons. The molecule has 1 amide bonds. The molecule has 0 bridgehead atoms. The number of sulfonamides is 1. The molecule has 1 aliphatic heterocycles. The number of carbonyl (C=O) groups excluding carboxylic acids is 2. The van der Waals surface area contributed by atoms with Crippen molar-refractivity contribution in [1.29, 1.82) is 0 Å². The maximum Gasteiger partial charge on any atom is 0.308 e. The Hall–Kier alpha value is -3.27. The minimum atomic E-state index is -3.86. The van der Waals surface area contributed by atoms with E-state index in [9.17, 15) is 18.0 Å². The van der Waals surface area contributed by atoms with E-state index in [0.717, 1.165) is 4.31 Å². The van der Waals surface area contributed by atoms with Crippen molar-refractivity contribution in [3.8, 4) is 11.5 Å². The van der Waals surface area contributed by atoms with Crippen molar-refractivity contribution in [1.82, 2.24) is 4.90 Å². The lowest BCUT2D eigenvalue weighted by atomic mass is 9.96. The molecule has 3 rings (SSSR count). The zero-order valence-corrected chi connectivity index (χ0v) is 19.9. The monoisotopic (exact) mass is 476 g/mol. The van der Waals surface area contributed by atoms with Gasteiger partial charge in [0.15, 0.2) is 11.5 Å². The Morgan fingerprint density at radius 3 is 2.09 bits per heavy atom. The van der Waals surface area contributed by atoms with Crippen molar-refractivity contribution < 1.29 is 32.2 Å². The lowest BCUT2D eigenvalue weighted by Gasteiger charge is -2.30. The van der Waals surface area contributed by atoms with Crippen molar-refractivity contribution >= 4 is 27.6 Å². The Bertz CT molecular complexity index is 1110. The number of benzene rings is 2. The highest BCUT2D eigenvalue weighted by Crippen LogP contribution is 2.32. The molecular weight excluding hydrogens is 448 g/mol. The van der Waals surface area contributed by atoms with Crippen LogP contribution in [0.1, 0.15) is 23.2 Å². The van der Waals surface area contributed by atoms with Gasteiger partial charge >= 0.3 is 5.97 Å². The number of hydrogen-bond acceptors (Lipinski definition) is 7. The Kier molecular flexibility index (Phi) is 7.47. The molecule has 33 heavy (non-hydrogen) atoms. The van der Waals surface area contributed by atoms with E-state index in [-0.39, 0.29) is 22.7 Å². The molecule has 1 heterocycles. The number of amides is 1. The smallest absolute Gasteiger partial charge is 0.308 e. The van der Waals surface area contributed by atoms with Crippen LogP contribution < -0.4 is 13.8 Å². The van der Waals surface area contributed by atoms with Gasteiger partial charge < -0.3 is 19.1 Å². The largest absolute Gasteiger partial charge is 0.493 e. The molecule has 0 spiro atoms. The summed E-state index contributed by atoms with van der Waals surface area (Å²) in [4.78, 5) is 26.2. The van der Waals surface area contributed by atoms with Crippen molar-refractivity contribution in [2.45, 2.75) is 17.7 Å². The average molecular weight is 477 g/mol.